The summed E-state index contributed by atoms with van der Waals surface area (Å²) in [6.07, 6.45) is 5.16. The van der Waals surface area contributed by atoms with Gasteiger partial charge in [0.05, 0.1) is 13.2 Å². The van der Waals surface area contributed by atoms with E-state index < -0.39 is 0 Å². The summed E-state index contributed by atoms with van der Waals surface area (Å²) in [4.78, 5) is 14.3. The molecule has 0 unspecified atom stereocenters. The van der Waals surface area contributed by atoms with Crippen LogP contribution in [0.5, 0.6) is 0 Å². The number of hydrogen-bond donors (Lipinski definition) is 0. The van der Waals surface area contributed by atoms with Crippen LogP contribution in [0, 0.1) is 17.8 Å². The quantitative estimate of drug-likeness (QED) is 0.651. The third kappa shape index (κ3) is 1.67. The van der Waals surface area contributed by atoms with Gasteiger partial charge in [-0.1, -0.05) is 6.42 Å². The van der Waals surface area contributed by atoms with Gasteiger partial charge in [-0.05, 0) is 31.1 Å². The lowest BCUT2D eigenvalue weighted by Crippen LogP contribution is -2.44. The maximum absolute atomic E-state index is 12.3. The molecule has 0 aromatic carbocycles. The zero-order valence-electron chi connectivity index (χ0n) is 9.15. The van der Waals surface area contributed by atoms with Crippen LogP contribution < -0.4 is 0 Å². The highest BCUT2D eigenvalue weighted by Gasteiger charge is 2.44. The van der Waals surface area contributed by atoms with Crippen molar-refractivity contribution in [2.24, 2.45) is 17.8 Å². The SMILES string of the molecule is O=C([C@H]1C[C@H]2CC[C@H]1C2)N1CCOCC1. The number of ether oxygens (including phenoxy) is 1. The molecule has 3 heteroatoms. The van der Waals surface area contributed by atoms with E-state index in [-0.39, 0.29) is 0 Å². The van der Waals surface area contributed by atoms with Crippen LogP contribution in [0.2, 0.25) is 0 Å². The molecule has 1 heterocycles. The van der Waals surface area contributed by atoms with Crippen LogP contribution in [0.4, 0.5) is 0 Å². The van der Waals surface area contributed by atoms with Crippen molar-refractivity contribution < 1.29 is 9.53 Å². The summed E-state index contributed by atoms with van der Waals surface area (Å²) >= 11 is 0. The maximum atomic E-state index is 12.3. The summed E-state index contributed by atoms with van der Waals surface area (Å²) in [7, 11) is 0. The van der Waals surface area contributed by atoms with E-state index in [1.54, 1.807) is 0 Å². The summed E-state index contributed by atoms with van der Waals surface area (Å²) in [6.45, 7) is 3.08. The van der Waals surface area contributed by atoms with Gasteiger partial charge in [-0.2, -0.15) is 0 Å². The fraction of sp³-hybridized carbons (Fsp3) is 0.917. The number of rotatable bonds is 1. The summed E-state index contributed by atoms with van der Waals surface area (Å²) in [5.41, 5.74) is 0. The molecule has 1 aliphatic heterocycles. The summed E-state index contributed by atoms with van der Waals surface area (Å²) in [5, 5.41) is 0. The van der Waals surface area contributed by atoms with Gasteiger partial charge in [-0.25, -0.2) is 0 Å². The average Bonchev–Trinajstić information content (AvgIpc) is 2.91. The van der Waals surface area contributed by atoms with Crippen LogP contribution in [-0.4, -0.2) is 37.1 Å². The van der Waals surface area contributed by atoms with Gasteiger partial charge in [0.15, 0.2) is 0 Å². The Bertz CT molecular complexity index is 260. The van der Waals surface area contributed by atoms with Gasteiger partial charge in [0.1, 0.15) is 0 Å². The Morgan fingerprint density at radius 3 is 2.53 bits per heavy atom. The van der Waals surface area contributed by atoms with Crippen molar-refractivity contribution in [2.45, 2.75) is 25.7 Å². The second kappa shape index (κ2) is 3.78. The van der Waals surface area contributed by atoms with Crippen LogP contribution in [-0.2, 0) is 9.53 Å². The van der Waals surface area contributed by atoms with Crippen molar-refractivity contribution in [3.8, 4) is 0 Å². The molecule has 3 rings (SSSR count). The fourth-order valence-corrected chi connectivity index (χ4v) is 3.57. The molecule has 3 nitrogen and oxygen atoms in total. The lowest BCUT2D eigenvalue weighted by molar-refractivity contribution is -0.141. The Hall–Kier alpha value is -0.570. The number of carbonyl (C=O) groups is 1. The van der Waals surface area contributed by atoms with E-state index in [1.165, 1.54) is 25.7 Å². The topological polar surface area (TPSA) is 29.5 Å². The minimum absolute atomic E-state index is 0.363. The molecular weight excluding hydrogens is 190 g/mol. The molecule has 3 atom stereocenters. The van der Waals surface area contributed by atoms with E-state index in [9.17, 15) is 4.79 Å². The predicted octanol–water partition coefficient (Wildman–Crippen LogP) is 1.28. The number of nitrogens with zero attached hydrogens (tertiary/aromatic N) is 1. The fourth-order valence-electron chi connectivity index (χ4n) is 3.57. The average molecular weight is 209 g/mol. The van der Waals surface area contributed by atoms with E-state index in [0.29, 0.717) is 17.7 Å². The van der Waals surface area contributed by atoms with Crippen LogP contribution >= 0.6 is 0 Å². The van der Waals surface area contributed by atoms with E-state index >= 15 is 0 Å². The molecule has 0 spiro atoms. The molecule has 1 amide bonds. The first-order chi connectivity index (χ1) is 7.34. The van der Waals surface area contributed by atoms with Crippen LogP contribution in [0.15, 0.2) is 0 Å². The lowest BCUT2D eigenvalue weighted by atomic mass is 9.87. The van der Waals surface area contributed by atoms with Crippen molar-refractivity contribution in [1.82, 2.24) is 4.90 Å². The molecule has 2 bridgehead atoms. The largest absolute Gasteiger partial charge is 0.378 e. The first-order valence-corrected chi connectivity index (χ1v) is 6.21. The summed E-state index contributed by atoms with van der Waals surface area (Å²) in [6, 6.07) is 0. The van der Waals surface area contributed by atoms with Crippen molar-refractivity contribution >= 4 is 5.91 Å². The summed E-state index contributed by atoms with van der Waals surface area (Å²) in [5.74, 6) is 2.36. The van der Waals surface area contributed by atoms with Crippen molar-refractivity contribution in [2.75, 3.05) is 26.3 Å². The highest BCUT2D eigenvalue weighted by molar-refractivity contribution is 5.79. The number of amides is 1. The van der Waals surface area contributed by atoms with Crippen LogP contribution in [0.25, 0.3) is 0 Å². The molecule has 0 aromatic heterocycles. The predicted molar refractivity (Wildman–Crippen MR) is 56.3 cm³/mol. The minimum Gasteiger partial charge on any atom is -0.378 e. The molecule has 3 fully saturated rings. The third-order valence-electron chi connectivity index (χ3n) is 4.38. The van der Waals surface area contributed by atoms with Crippen LogP contribution in [0.3, 0.4) is 0 Å². The van der Waals surface area contributed by atoms with Gasteiger partial charge in [0, 0.05) is 19.0 Å². The third-order valence-corrected chi connectivity index (χ3v) is 4.38. The van der Waals surface area contributed by atoms with Crippen molar-refractivity contribution in [1.29, 1.82) is 0 Å². The molecule has 1 saturated heterocycles. The zero-order chi connectivity index (χ0) is 10.3. The molecule has 2 aliphatic carbocycles. The Labute approximate surface area is 90.8 Å². The zero-order valence-corrected chi connectivity index (χ0v) is 9.15. The van der Waals surface area contributed by atoms with E-state index in [0.717, 1.165) is 32.2 Å². The smallest absolute Gasteiger partial charge is 0.226 e. The Morgan fingerprint density at radius 2 is 1.93 bits per heavy atom. The van der Waals surface area contributed by atoms with Gasteiger partial charge in [-0.15, -0.1) is 0 Å². The van der Waals surface area contributed by atoms with Gasteiger partial charge in [0.25, 0.3) is 0 Å². The number of hydrogen-bond acceptors (Lipinski definition) is 2. The molecule has 15 heavy (non-hydrogen) atoms. The Morgan fingerprint density at radius 1 is 1.13 bits per heavy atom. The molecule has 0 aromatic rings. The van der Waals surface area contributed by atoms with E-state index in [1.807, 2.05) is 4.90 Å². The first kappa shape index (κ1) is 9.64. The number of carbonyl (C=O) groups excluding carboxylic acids is 1. The molecule has 3 aliphatic rings. The highest BCUT2D eigenvalue weighted by Crippen LogP contribution is 2.48. The molecule has 0 N–H and O–H groups in total. The lowest BCUT2D eigenvalue weighted by Gasteiger charge is -2.32. The second-order valence-electron chi connectivity index (χ2n) is 5.22. The second-order valence-corrected chi connectivity index (χ2v) is 5.22. The van der Waals surface area contributed by atoms with Gasteiger partial charge < -0.3 is 9.64 Å². The van der Waals surface area contributed by atoms with Crippen LogP contribution in [0.1, 0.15) is 25.7 Å². The standard InChI is InChI=1S/C12H19NO2/c14-12(13-3-5-15-6-4-13)11-8-9-1-2-10(11)7-9/h9-11H,1-8H2/t9-,10-,11-/m0/s1. The minimum atomic E-state index is 0.363. The highest BCUT2D eigenvalue weighted by atomic mass is 16.5. The maximum Gasteiger partial charge on any atom is 0.226 e. The van der Waals surface area contributed by atoms with Crippen molar-refractivity contribution in [3.05, 3.63) is 0 Å². The normalized spacial score (nSPS) is 39.7. The van der Waals surface area contributed by atoms with Gasteiger partial charge in [0.2, 0.25) is 5.91 Å². The number of fused-ring (bicyclic) bond motifs is 2. The molecule has 0 radical (unpaired) electrons. The van der Waals surface area contributed by atoms with Gasteiger partial charge in [-0.3, -0.25) is 4.79 Å². The number of morpholine rings is 1. The van der Waals surface area contributed by atoms with Crippen molar-refractivity contribution in [3.63, 3.8) is 0 Å². The summed E-state index contributed by atoms with van der Waals surface area (Å²) < 4.78 is 5.28. The molecule has 84 valence electrons. The Balaban J connectivity index is 1.64. The molecule has 2 saturated carbocycles. The Kier molecular flexibility index (Phi) is 2.43. The first-order valence-electron chi connectivity index (χ1n) is 6.21. The van der Waals surface area contributed by atoms with E-state index in [2.05, 4.69) is 0 Å². The molecular formula is C12H19NO2. The monoisotopic (exact) mass is 209 g/mol. The van der Waals surface area contributed by atoms with Gasteiger partial charge >= 0.3 is 0 Å². The van der Waals surface area contributed by atoms with E-state index in [4.69, 9.17) is 4.74 Å².